The van der Waals surface area contributed by atoms with E-state index in [2.05, 4.69) is 20.6 Å². The fraction of sp³-hybridized carbons (Fsp3) is 0.150. The second-order valence-electron chi connectivity index (χ2n) is 5.70. The van der Waals surface area contributed by atoms with E-state index in [1.54, 1.807) is 39.3 Å². The first-order valence-electron chi connectivity index (χ1n) is 8.30. The van der Waals surface area contributed by atoms with Gasteiger partial charge in [-0.1, -0.05) is 18.2 Å². The van der Waals surface area contributed by atoms with Gasteiger partial charge in [0.25, 0.3) is 5.91 Å². The molecule has 138 valence electrons. The average Bonchev–Trinajstić information content (AvgIpc) is 2.68. The lowest BCUT2D eigenvalue weighted by Crippen LogP contribution is -2.15. The van der Waals surface area contributed by atoms with Crippen molar-refractivity contribution in [3.8, 4) is 11.5 Å². The van der Waals surface area contributed by atoms with Gasteiger partial charge in [0.15, 0.2) is 11.5 Å². The van der Waals surface area contributed by atoms with Crippen molar-refractivity contribution in [2.24, 2.45) is 0 Å². The van der Waals surface area contributed by atoms with Gasteiger partial charge in [-0.05, 0) is 31.2 Å². The predicted octanol–water partition coefficient (Wildman–Crippen LogP) is 3.80. The number of aromatic nitrogens is 2. The summed E-state index contributed by atoms with van der Waals surface area (Å²) >= 11 is 0. The van der Waals surface area contributed by atoms with Gasteiger partial charge in [-0.25, -0.2) is 9.97 Å². The van der Waals surface area contributed by atoms with E-state index >= 15 is 0 Å². The summed E-state index contributed by atoms with van der Waals surface area (Å²) in [6.45, 7) is 1.74. The van der Waals surface area contributed by atoms with E-state index in [1.165, 1.54) is 0 Å². The van der Waals surface area contributed by atoms with Crippen LogP contribution in [0.5, 0.6) is 11.5 Å². The summed E-state index contributed by atoms with van der Waals surface area (Å²) in [7, 11) is 3.15. The molecule has 3 rings (SSSR count). The third-order valence-corrected chi connectivity index (χ3v) is 3.76. The van der Waals surface area contributed by atoms with E-state index in [4.69, 9.17) is 9.47 Å². The van der Waals surface area contributed by atoms with Crippen molar-refractivity contribution < 1.29 is 14.3 Å². The van der Waals surface area contributed by atoms with Crippen LogP contribution < -0.4 is 20.1 Å². The first-order valence-corrected chi connectivity index (χ1v) is 8.30. The summed E-state index contributed by atoms with van der Waals surface area (Å²) in [6, 6.07) is 16.2. The minimum Gasteiger partial charge on any atom is -0.493 e. The summed E-state index contributed by atoms with van der Waals surface area (Å²) in [5.74, 6) is 1.91. The molecular formula is C20H20N4O3. The second-order valence-corrected chi connectivity index (χ2v) is 5.70. The van der Waals surface area contributed by atoms with Crippen LogP contribution in [0.1, 0.15) is 16.3 Å². The third-order valence-electron chi connectivity index (χ3n) is 3.76. The number of amides is 1. The van der Waals surface area contributed by atoms with Crippen LogP contribution in [-0.4, -0.2) is 30.1 Å². The van der Waals surface area contributed by atoms with Crippen molar-refractivity contribution in [2.75, 3.05) is 24.9 Å². The molecule has 0 saturated carbocycles. The first kappa shape index (κ1) is 18.2. The Bertz CT molecular complexity index is 945. The maximum absolute atomic E-state index is 12.5. The molecule has 0 unspecified atom stereocenters. The summed E-state index contributed by atoms with van der Waals surface area (Å²) < 4.78 is 10.5. The fourth-order valence-electron chi connectivity index (χ4n) is 2.53. The topological polar surface area (TPSA) is 85.4 Å². The number of aryl methyl sites for hydroxylation is 1. The maximum atomic E-state index is 12.5. The van der Waals surface area contributed by atoms with Crippen LogP contribution in [0.2, 0.25) is 0 Å². The number of carbonyl (C=O) groups is 1. The zero-order valence-electron chi connectivity index (χ0n) is 15.3. The van der Waals surface area contributed by atoms with Crippen LogP contribution in [0.4, 0.5) is 17.2 Å². The van der Waals surface area contributed by atoms with Gasteiger partial charge < -0.3 is 20.1 Å². The molecule has 0 atom stereocenters. The zero-order valence-corrected chi connectivity index (χ0v) is 15.3. The lowest BCUT2D eigenvalue weighted by atomic mass is 10.2. The van der Waals surface area contributed by atoms with Gasteiger partial charge in [0.05, 0.1) is 14.2 Å². The quantitative estimate of drug-likeness (QED) is 0.692. The molecule has 7 nitrogen and oxygen atoms in total. The summed E-state index contributed by atoms with van der Waals surface area (Å²) in [5, 5.41) is 5.98. The number of para-hydroxylation sites is 1. The number of hydrogen-bond acceptors (Lipinski definition) is 6. The number of anilines is 3. The number of benzene rings is 2. The molecular weight excluding hydrogens is 344 g/mol. The molecule has 0 bridgehead atoms. The van der Waals surface area contributed by atoms with Crippen molar-refractivity contribution in [3.05, 3.63) is 66.1 Å². The Labute approximate surface area is 157 Å². The van der Waals surface area contributed by atoms with E-state index < -0.39 is 0 Å². The molecule has 1 heterocycles. The third kappa shape index (κ3) is 4.52. The largest absolute Gasteiger partial charge is 0.493 e. The predicted molar refractivity (Wildman–Crippen MR) is 104 cm³/mol. The standard InChI is InChI=1S/C20H20N4O3/c1-13-21-16(20(25)24-14-7-5-4-6-8-14)12-19(22-13)23-15-9-10-17(26-2)18(11-15)27-3/h4-12H,1-3H3,(H,24,25)(H,21,22,23). The minimum absolute atomic E-state index is 0.273. The van der Waals surface area contributed by atoms with Crippen molar-refractivity contribution in [1.29, 1.82) is 0 Å². The van der Waals surface area contributed by atoms with Crippen LogP contribution in [0.3, 0.4) is 0 Å². The number of nitrogens with zero attached hydrogens (tertiary/aromatic N) is 2. The summed E-state index contributed by atoms with van der Waals surface area (Å²) in [6.07, 6.45) is 0. The van der Waals surface area contributed by atoms with Gasteiger partial charge in [0.2, 0.25) is 0 Å². The Morgan fingerprint density at radius 3 is 2.33 bits per heavy atom. The monoisotopic (exact) mass is 364 g/mol. The molecule has 0 aliphatic rings. The van der Waals surface area contributed by atoms with E-state index in [0.29, 0.717) is 28.8 Å². The van der Waals surface area contributed by atoms with E-state index in [9.17, 15) is 4.79 Å². The van der Waals surface area contributed by atoms with Crippen LogP contribution >= 0.6 is 0 Å². The number of methoxy groups -OCH3 is 2. The molecule has 7 heteroatoms. The fourth-order valence-corrected chi connectivity index (χ4v) is 2.53. The highest BCUT2D eigenvalue weighted by Gasteiger charge is 2.12. The molecule has 2 aromatic carbocycles. The molecule has 0 spiro atoms. The lowest BCUT2D eigenvalue weighted by molar-refractivity contribution is 0.102. The molecule has 0 fully saturated rings. The van der Waals surface area contributed by atoms with Gasteiger partial charge in [-0.3, -0.25) is 4.79 Å². The molecule has 27 heavy (non-hydrogen) atoms. The number of rotatable bonds is 6. The molecule has 0 aliphatic carbocycles. The number of ether oxygens (including phenoxy) is 2. The molecule has 3 aromatic rings. The number of nitrogens with one attached hydrogen (secondary N) is 2. The molecule has 2 N–H and O–H groups in total. The minimum atomic E-state index is -0.304. The van der Waals surface area contributed by atoms with Crippen molar-refractivity contribution in [2.45, 2.75) is 6.92 Å². The zero-order chi connectivity index (χ0) is 19.2. The summed E-state index contributed by atoms with van der Waals surface area (Å²) in [5.41, 5.74) is 1.72. The second kappa shape index (κ2) is 8.18. The van der Waals surface area contributed by atoms with Gasteiger partial charge >= 0.3 is 0 Å². The highest BCUT2D eigenvalue weighted by atomic mass is 16.5. The molecule has 1 aromatic heterocycles. The Morgan fingerprint density at radius 1 is 0.889 bits per heavy atom. The number of hydrogen-bond donors (Lipinski definition) is 2. The lowest BCUT2D eigenvalue weighted by Gasteiger charge is -2.12. The number of carbonyl (C=O) groups excluding carboxylic acids is 1. The molecule has 0 saturated heterocycles. The van der Waals surface area contributed by atoms with Gasteiger partial charge in [0, 0.05) is 23.5 Å². The first-order chi connectivity index (χ1) is 13.1. The van der Waals surface area contributed by atoms with Crippen molar-refractivity contribution in [1.82, 2.24) is 9.97 Å². The Morgan fingerprint density at radius 2 is 1.63 bits per heavy atom. The highest BCUT2D eigenvalue weighted by molar-refractivity contribution is 6.03. The van der Waals surface area contributed by atoms with Gasteiger partial charge in [0.1, 0.15) is 17.3 Å². The van der Waals surface area contributed by atoms with E-state index in [-0.39, 0.29) is 11.6 Å². The Hall–Kier alpha value is -3.61. The van der Waals surface area contributed by atoms with Crippen molar-refractivity contribution in [3.63, 3.8) is 0 Å². The smallest absolute Gasteiger partial charge is 0.274 e. The van der Waals surface area contributed by atoms with E-state index in [0.717, 1.165) is 5.69 Å². The Balaban J connectivity index is 1.82. The SMILES string of the molecule is COc1ccc(Nc2cc(C(=O)Nc3ccccc3)nc(C)n2)cc1OC. The average molecular weight is 364 g/mol. The van der Waals surface area contributed by atoms with E-state index in [1.807, 2.05) is 36.4 Å². The highest BCUT2D eigenvalue weighted by Crippen LogP contribution is 2.30. The van der Waals surface area contributed by atoms with Crippen LogP contribution in [-0.2, 0) is 0 Å². The van der Waals surface area contributed by atoms with Crippen LogP contribution in [0, 0.1) is 6.92 Å². The van der Waals surface area contributed by atoms with Gasteiger partial charge in [-0.2, -0.15) is 0 Å². The van der Waals surface area contributed by atoms with Crippen LogP contribution in [0.25, 0.3) is 0 Å². The van der Waals surface area contributed by atoms with Gasteiger partial charge in [-0.15, -0.1) is 0 Å². The van der Waals surface area contributed by atoms with Crippen molar-refractivity contribution >= 4 is 23.1 Å². The molecule has 0 radical (unpaired) electrons. The molecule has 1 amide bonds. The Kier molecular flexibility index (Phi) is 5.51. The van der Waals surface area contributed by atoms with Crippen LogP contribution in [0.15, 0.2) is 54.6 Å². The summed E-state index contributed by atoms with van der Waals surface area (Å²) in [4.78, 5) is 21.1. The molecule has 0 aliphatic heterocycles. The normalized spacial score (nSPS) is 10.2. The maximum Gasteiger partial charge on any atom is 0.274 e.